The highest BCUT2D eigenvalue weighted by molar-refractivity contribution is 5.94. The highest BCUT2D eigenvalue weighted by Gasteiger charge is 2.19. The number of pyridine rings is 2. The van der Waals surface area contributed by atoms with E-state index in [2.05, 4.69) is 36.0 Å². The molecule has 0 radical (unpaired) electrons. The maximum atomic E-state index is 12.8. The second-order valence-corrected chi connectivity index (χ2v) is 6.78. The van der Waals surface area contributed by atoms with Crippen LogP contribution in [0.25, 0.3) is 16.6 Å². The van der Waals surface area contributed by atoms with Crippen molar-refractivity contribution in [2.75, 3.05) is 24.3 Å². The molecule has 4 aromatic heterocycles. The first kappa shape index (κ1) is 17.2. The van der Waals surface area contributed by atoms with Crippen LogP contribution >= 0.6 is 0 Å². The van der Waals surface area contributed by atoms with Crippen LogP contribution < -0.4 is 20.7 Å². The Kier molecular flexibility index (Phi) is 3.90. The molecule has 3 N–H and O–H groups in total. The normalized spacial score (nSPS) is 16.3. The van der Waals surface area contributed by atoms with Crippen molar-refractivity contribution >= 4 is 39.8 Å². The molecule has 1 aliphatic rings. The summed E-state index contributed by atoms with van der Waals surface area (Å²) in [5.41, 5.74) is 2.33. The summed E-state index contributed by atoms with van der Waals surface area (Å²) in [6.07, 6.45) is 4.86. The number of amides is 1. The van der Waals surface area contributed by atoms with Crippen LogP contribution in [0.2, 0.25) is 0 Å². The van der Waals surface area contributed by atoms with E-state index in [9.17, 15) is 4.79 Å². The summed E-state index contributed by atoms with van der Waals surface area (Å²) >= 11 is 0. The minimum atomic E-state index is -0.283. The summed E-state index contributed by atoms with van der Waals surface area (Å²) in [7, 11) is 1.79. The Morgan fingerprint density at radius 1 is 1.21 bits per heavy atom. The zero-order valence-electron chi connectivity index (χ0n) is 15.8. The molecular formula is C19H18N8O2. The SMILES string of the molecule is CNc1cc2nn3c(cnc13)C(=O)N[C@H](C)COc1ccnc3cnc(cc13)N2. The van der Waals surface area contributed by atoms with E-state index in [1.807, 2.05) is 19.1 Å². The minimum Gasteiger partial charge on any atom is -0.491 e. The Hall–Kier alpha value is -3.95. The Bertz CT molecular complexity index is 1250. The number of hydrogen-bond acceptors (Lipinski definition) is 8. The van der Waals surface area contributed by atoms with Gasteiger partial charge < -0.3 is 20.7 Å². The number of ether oxygens (including phenoxy) is 1. The minimum absolute atomic E-state index is 0.231. The number of aromatic nitrogens is 5. The molecule has 0 fully saturated rings. The summed E-state index contributed by atoms with van der Waals surface area (Å²) in [5.74, 6) is 1.48. The quantitative estimate of drug-likeness (QED) is 0.451. The molecule has 0 aromatic carbocycles. The molecule has 5 heterocycles. The van der Waals surface area contributed by atoms with E-state index in [4.69, 9.17) is 4.74 Å². The summed E-state index contributed by atoms with van der Waals surface area (Å²) < 4.78 is 7.47. The number of nitrogens with one attached hydrogen (secondary N) is 3. The van der Waals surface area contributed by atoms with E-state index in [0.717, 1.165) is 11.1 Å². The van der Waals surface area contributed by atoms with Gasteiger partial charge in [0.1, 0.15) is 18.2 Å². The molecule has 146 valence electrons. The van der Waals surface area contributed by atoms with Crippen molar-refractivity contribution in [2.24, 2.45) is 0 Å². The van der Waals surface area contributed by atoms with Gasteiger partial charge in [-0.2, -0.15) is 0 Å². The topological polar surface area (TPSA) is 118 Å². The lowest BCUT2D eigenvalue weighted by Gasteiger charge is -2.17. The van der Waals surface area contributed by atoms with Crippen molar-refractivity contribution in [1.82, 2.24) is 29.9 Å². The number of anilines is 3. The van der Waals surface area contributed by atoms with Crippen molar-refractivity contribution in [3.63, 3.8) is 0 Å². The third kappa shape index (κ3) is 2.94. The molecule has 10 heteroatoms. The van der Waals surface area contributed by atoms with E-state index in [-0.39, 0.29) is 11.9 Å². The smallest absolute Gasteiger partial charge is 0.271 e. The molecule has 0 spiro atoms. The molecule has 4 bridgehead atoms. The van der Waals surface area contributed by atoms with Gasteiger partial charge in [0.2, 0.25) is 0 Å². The molecule has 0 aliphatic carbocycles. The van der Waals surface area contributed by atoms with Crippen molar-refractivity contribution < 1.29 is 9.53 Å². The second-order valence-electron chi connectivity index (χ2n) is 6.78. The fraction of sp³-hybridized carbons (Fsp3) is 0.211. The zero-order valence-corrected chi connectivity index (χ0v) is 15.8. The number of carbonyl (C=O) groups is 1. The first-order chi connectivity index (χ1) is 14.1. The number of nitrogens with zero attached hydrogens (tertiary/aromatic N) is 5. The van der Waals surface area contributed by atoms with E-state index in [1.54, 1.807) is 25.5 Å². The number of imidazole rings is 1. The fourth-order valence-corrected chi connectivity index (χ4v) is 3.27. The third-order valence-corrected chi connectivity index (χ3v) is 4.68. The van der Waals surface area contributed by atoms with Gasteiger partial charge in [0.25, 0.3) is 5.91 Å². The predicted molar refractivity (Wildman–Crippen MR) is 108 cm³/mol. The zero-order chi connectivity index (χ0) is 20.0. The third-order valence-electron chi connectivity index (χ3n) is 4.68. The van der Waals surface area contributed by atoms with Crippen LogP contribution in [0.4, 0.5) is 17.3 Å². The molecule has 1 amide bonds. The highest BCUT2D eigenvalue weighted by atomic mass is 16.5. The van der Waals surface area contributed by atoms with Crippen LogP contribution in [0.15, 0.2) is 36.8 Å². The average Bonchev–Trinajstić information content (AvgIpc) is 3.15. The summed E-state index contributed by atoms with van der Waals surface area (Å²) in [6, 6.07) is 5.24. The first-order valence-corrected chi connectivity index (χ1v) is 9.14. The molecule has 29 heavy (non-hydrogen) atoms. The molecule has 1 atom stereocenters. The van der Waals surface area contributed by atoms with Gasteiger partial charge in [-0.15, -0.1) is 5.10 Å². The molecule has 4 aromatic rings. The van der Waals surface area contributed by atoms with Crippen LogP contribution in [0, 0.1) is 0 Å². The van der Waals surface area contributed by atoms with Gasteiger partial charge in [0.05, 0.1) is 29.6 Å². The van der Waals surface area contributed by atoms with Gasteiger partial charge >= 0.3 is 0 Å². The number of rotatable bonds is 1. The van der Waals surface area contributed by atoms with Gasteiger partial charge in [-0.1, -0.05) is 0 Å². The average molecular weight is 390 g/mol. The summed E-state index contributed by atoms with van der Waals surface area (Å²) in [5, 5.41) is 14.6. The van der Waals surface area contributed by atoms with Gasteiger partial charge in [0, 0.05) is 24.7 Å². The molecule has 0 saturated carbocycles. The van der Waals surface area contributed by atoms with Crippen molar-refractivity contribution in [2.45, 2.75) is 13.0 Å². The van der Waals surface area contributed by atoms with E-state index >= 15 is 0 Å². The van der Waals surface area contributed by atoms with Gasteiger partial charge in [-0.05, 0) is 19.1 Å². The first-order valence-electron chi connectivity index (χ1n) is 9.14. The Balaban J connectivity index is 1.71. The van der Waals surface area contributed by atoms with Gasteiger partial charge in [-0.3, -0.25) is 9.78 Å². The molecule has 0 saturated heterocycles. The van der Waals surface area contributed by atoms with Gasteiger partial charge in [-0.25, -0.2) is 14.5 Å². The number of fused-ring (bicyclic) bond motifs is 2. The van der Waals surface area contributed by atoms with Crippen LogP contribution in [-0.2, 0) is 0 Å². The van der Waals surface area contributed by atoms with Crippen LogP contribution in [0.5, 0.6) is 5.75 Å². The highest BCUT2D eigenvalue weighted by Crippen LogP contribution is 2.28. The Morgan fingerprint density at radius 2 is 2.10 bits per heavy atom. The lowest BCUT2D eigenvalue weighted by Crippen LogP contribution is -2.37. The largest absolute Gasteiger partial charge is 0.491 e. The molecule has 1 aliphatic heterocycles. The lowest BCUT2D eigenvalue weighted by molar-refractivity contribution is 0.0920. The molecule has 10 nitrogen and oxygen atoms in total. The number of carbonyl (C=O) groups excluding carboxylic acids is 1. The lowest BCUT2D eigenvalue weighted by atomic mass is 10.2. The second kappa shape index (κ2) is 6.59. The molecule has 0 unspecified atom stereocenters. The van der Waals surface area contributed by atoms with Crippen LogP contribution in [0.3, 0.4) is 0 Å². The van der Waals surface area contributed by atoms with E-state index in [0.29, 0.717) is 40.8 Å². The predicted octanol–water partition coefficient (Wildman–Crippen LogP) is 1.97. The maximum Gasteiger partial charge on any atom is 0.271 e. The Labute approximate surface area is 165 Å². The molecular weight excluding hydrogens is 372 g/mol. The monoisotopic (exact) mass is 390 g/mol. The number of hydrogen-bond donors (Lipinski definition) is 3. The van der Waals surface area contributed by atoms with Crippen molar-refractivity contribution in [1.29, 1.82) is 0 Å². The summed E-state index contributed by atoms with van der Waals surface area (Å²) in [6.45, 7) is 2.18. The van der Waals surface area contributed by atoms with Gasteiger partial charge in [0.15, 0.2) is 17.2 Å². The summed E-state index contributed by atoms with van der Waals surface area (Å²) in [4.78, 5) is 25.9. The molecule has 5 rings (SSSR count). The van der Waals surface area contributed by atoms with E-state index in [1.165, 1.54) is 10.7 Å². The fourth-order valence-electron chi connectivity index (χ4n) is 3.27. The van der Waals surface area contributed by atoms with E-state index < -0.39 is 0 Å². The van der Waals surface area contributed by atoms with Crippen LogP contribution in [0.1, 0.15) is 17.4 Å². The van der Waals surface area contributed by atoms with Crippen molar-refractivity contribution in [3.05, 3.63) is 42.5 Å². The van der Waals surface area contributed by atoms with Crippen molar-refractivity contribution in [3.8, 4) is 5.75 Å². The Morgan fingerprint density at radius 3 is 2.97 bits per heavy atom. The standard InChI is InChI=1S/C19H18N8O2/c1-10-9-29-15-3-4-21-13-7-22-16(5-11(13)15)25-17-6-12(20-2)18-23-8-14(19(28)24-10)27(18)26-17/h3-8,10,20H,9H2,1-2H3,(H,24,28)(H,22,25,26)/t10-/m1/s1. The van der Waals surface area contributed by atoms with Crippen LogP contribution in [-0.4, -0.2) is 50.2 Å². The maximum absolute atomic E-state index is 12.8.